The van der Waals surface area contributed by atoms with Gasteiger partial charge < -0.3 is 5.32 Å². The van der Waals surface area contributed by atoms with Gasteiger partial charge in [0.1, 0.15) is 0 Å². The number of allylic oxidation sites excluding steroid dienone is 1. The standard InChI is InChI=1S/C18H23NS2/c1-11-4-17(20-10-11)16-3-2-15(21-16)9-19-18-7-12-5-14(18)6-13(12)8-18/h2-3,10,12-14,17,19H,4-9H2,1H3. The SMILES string of the molecule is CC1=CSC(c2ccc(CNC34CC5CC3CC5C4)s2)C1. The van der Waals surface area contributed by atoms with Crippen LogP contribution >= 0.6 is 23.1 Å². The molecule has 6 rings (SSSR count). The minimum atomic E-state index is 0.541. The maximum atomic E-state index is 4.00. The van der Waals surface area contributed by atoms with Crippen molar-refractivity contribution < 1.29 is 0 Å². The quantitative estimate of drug-likeness (QED) is 0.828. The van der Waals surface area contributed by atoms with Crippen molar-refractivity contribution in [2.45, 2.75) is 56.4 Å². The Kier molecular flexibility index (Phi) is 2.91. The van der Waals surface area contributed by atoms with Crippen LogP contribution in [0.15, 0.2) is 23.1 Å². The molecule has 2 heterocycles. The number of thiophene rings is 1. The first-order valence-corrected chi connectivity index (χ1v) is 10.1. The minimum Gasteiger partial charge on any atom is -0.306 e. The van der Waals surface area contributed by atoms with Gasteiger partial charge in [-0.25, -0.2) is 0 Å². The molecule has 3 heteroatoms. The third-order valence-corrected chi connectivity index (χ3v) is 9.07. The Labute approximate surface area is 135 Å². The molecule has 4 fully saturated rings. The van der Waals surface area contributed by atoms with Crippen molar-refractivity contribution in [3.63, 3.8) is 0 Å². The summed E-state index contributed by atoms with van der Waals surface area (Å²) in [6.45, 7) is 3.36. The molecule has 4 saturated carbocycles. The van der Waals surface area contributed by atoms with E-state index in [0.717, 1.165) is 24.3 Å². The Morgan fingerprint density at radius 1 is 1.24 bits per heavy atom. The Morgan fingerprint density at radius 3 is 2.67 bits per heavy atom. The van der Waals surface area contributed by atoms with Crippen LogP contribution in [0.5, 0.6) is 0 Å². The number of rotatable bonds is 4. The zero-order valence-electron chi connectivity index (χ0n) is 12.6. The lowest BCUT2D eigenvalue weighted by molar-refractivity contribution is 0.284. The Morgan fingerprint density at radius 2 is 2.05 bits per heavy atom. The second-order valence-electron chi connectivity index (χ2n) is 7.70. The maximum absolute atomic E-state index is 4.00. The highest BCUT2D eigenvalue weighted by molar-refractivity contribution is 8.02. The highest BCUT2D eigenvalue weighted by atomic mass is 32.2. The van der Waals surface area contributed by atoms with Gasteiger partial charge in [-0.3, -0.25) is 0 Å². The fourth-order valence-corrected chi connectivity index (χ4v) is 7.79. The Balaban J connectivity index is 1.25. The molecule has 3 atom stereocenters. The number of nitrogens with one attached hydrogen (secondary N) is 1. The maximum Gasteiger partial charge on any atom is 0.0469 e. The molecule has 1 aromatic rings. The Bertz CT molecular complexity index is 588. The number of hydrogen-bond donors (Lipinski definition) is 1. The van der Waals surface area contributed by atoms with E-state index in [0.29, 0.717) is 10.8 Å². The predicted octanol–water partition coefficient (Wildman–Crippen LogP) is 5.11. The second-order valence-corrected chi connectivity index (χ2v) is 9.98. The van der Waals surface area contributed by atoms with Crippen LogP contribution in [0.25, 0.3) is 0 Å². The van der Waals surface area contributed by atoms with E-state index < -0.39 is 0 Å². The number of thioether (sulfide) groups is 1. The van der Waals surface area contributed by atoms with Crippen LogP contribution in [-0.4, -0.2) is 5.54 Å². The van der Waals surface area contributed by atoms with Gasteiger partial charge in [0.15, 0.2) is 0 Å². The minimum absolute atomic E-state index is 0.541. The summed E-state index contributed by atoms with van der Waals surface area (Å²) in [4.78, 5) is 3.11. The molecule has 112 valence electrons. The van der Waals surface area contributed by atoms with Crippen LogP contribution in [0.3, 0.4) is 0 Å². The summed E-state index contributed by atoms with van der Waals surface area (Å²) in [6.07, 6.45) is 7.24. The average Bonchev–Trinajstić information content (AvgIpc) is 3.24. The molecule has 1 nitrogen and oxygen atoms in total. The largest absolute Gasteiger partial charge is 0.306 e. The summed E-state index contributed by atoms with van der Waals surface area (Å²) < 4.78 is 0. The molecule has 0 saturated heterocycles. The molecule has 4 bridgehead atoms. The molecular formula is C18H23NS2. The van der Waals surface area contributed by atoms with E-state index in [9.17, 15) is 0 Å². The molecule has 0 radical (unpaired) electrons. The average molecular weight is 318 g/mol. The first-order valence-electron chi connectivity index (χ1n) is 8.37. The number of hydrogen-bond acceptors (Lipinski definition) is 3. The molecule has 4 aliphatic carbocycles. The van der Waals surface area contributed by atoms with Crippen molar-refractivity contribution in [1.29, 1.82) is 0 Å². The molecule has 0 amide bonds. The lowest BCUT2D eigenvalue weighted by Crippen LogP contribution is -2.43. The third kappa shape index (κ3) is 2.00. The van der Waals surface area contributed by atoms with Gasteiger partial charge in [-0.2, -0.15) is 0 Å². The van der Waals surface area contributed by atoms with Gasteiger partial charge in [0.05, 0.1) is 0 Å². The van der Waals surface area contributed by atoms with Gasteiger partial charge in [-0.1, -0.05) is 5.57 Å². The van der Waals surface area contributed by atoms with E-state index in [2.05, 4.69) is 29.8 Å². The summed E-state index contributed by atoms with van der Waals surface area (Å²) in [5.74, 6) is 3.15. The van der Waals surface area contributed by atoms with Crippen molar-refractivity contribution in [2.75, 3.05) is 0 Å². The molecule has 1 N–H and O–H groups in total. The summed E-state index contributed by atoms with van der Waals surface area (Å²) in [6, 6.07) is 4.74. The zero-order valence-corrected chi connectivity index (χ0v) is 14.2. The van der Waals surface area contributed by atoms with Crippen LogP contribution < -0.4 is 5.32 Å². The van der Waals surface area contributed by atoms with Crippen molar-refractivity contribution >= 4 is 23.1 Å². The van der Waals surface area contributed by atoms with E-state index in [1.807, 2.05) is 23.1 Å². The van der Waals surface area contributed by atoms with Gasteiger partial charge in [0.25, 0.3) is 0 Å². The van der Waals surface area contributed by atoms with E-state index in [-0.39, 0.29) is 0 Å². The molecule has 0 aromatic carbocycles. The third-order valence-electron chi connectivity index (χ3n) is 6.43. The van der Waals surface area contributed by atoms with Crippen molar-refractivity contribution in [2.24, 2.45) is 17.8 Å². The summed E-state index contributed by atoms with van der Waals surface area (Å²) in [7, 11) is 0. The van der Waals surface area contributed by atoms with Gasteiger partial charge >= 0.3 is 0 Å². The van der Waals surface area contributed by atoms with Crippen LogP contribution in [0, 0.1) is 17.8 Å². The van der Waals surface area contributed by atoms with E-state index in [1.165, 1.54) is 37.0 Å². The first kappa shape index (κ1) is 13.2. The van der Waals surface area contributed by atoms with Crippen LogP contribution in [0.1, 0.15) is 54.0 Å². The second kappa shape index (κ2) is 4.62. The summed E-state index contributed by atoms with van der Waals surface area (Å²) in [5, 5.41) is 7.03. The lowest BCUT2D eigenvalue weighted by atomic mass is 9.90. The van der Waals surface area contributed by atoms with Crippen LogP contribution in [-0.2, 0) is 6.54 Å². The fourth-order valence-electron chi connectivity index (χ4n) is 5.48. The van der Waals surface area contributed by atoms with Gasteiger partial charge in [0, 0.05) is 27.1 Å². The molecule has 3 unspecified atom stereocenters. The molecular weight excluding hydrogens is 294 g/mol. The van der Waals surface area contributed by atoms with Crippen LogP contribution in [0.4, 0.5) is 0 Å². The smallest absolute Gasteiger partial charge is 0.0469 e. The normalized spacial score (nSPS) is 43.2. The predicted molar refractivity (Wildman–Crippen MR) is 91.5 cm³/mol. The monoisotopic (exact) mass is 317 g/mol. The first-order chi connectivity index (χ1) is 10.2. The lowest BCUT2D eigenvalue weighted by Gasteiger charge is -2.30. The van der Waals surface area contributed by atoms with E-state index in [1.54, 1.807) is 10.5 Å². The molecule has 0 spiro atoms. The van der Waals surface area contributed by atoms with E-state index >= 15 is 0 Å². The van der Waals surface area contributed by atoms with Crippen molar-refractivity contribution in [3.05, 3.63) is 32.9 Å². The van der Waals surface area contributed by atoms with Crippen molar-refractivity contribution in [3.8, 4) is 0 Å². The topological polar surface area (TPSA) is 12.0 Å². The van der Waals surface area contributed by atoms with E-state index in [4.69, 9.17) is 0 Å². The van der Waals surface area contributed by atoms with Crippen molar-refractivity contribution in [1.82, 2.24) is 5.32 Å². The molecule has 5 aliphatic rings. The molecule has 1 aromatic heterocycles. The summed E-state index contributed by atoms with van der Waals surface area (Å²) in [5.41, 5.74) is 2.08. The zero-order chi connectivity index (χ0) is 14.0. The Hall–Kier alpha value is -0.250. The van der Waals surface area contributed by atoms with Gasteiger partial charge in [-0.15, -0.1) is 23.1 Å². The molecule has 21 heavy (non-hydrogen) atoms. The van der Waals surface area contributed by atoms with Gasteiger partial charge in [0.2, 0.25) is 0 Å². The molecule has 1 aliphatic heterocycles. The fraction of sp³-hybridized carbons (Fsp3) is 0.667. The summed E-state index contributed by atoms with van der Waals surface area (Å²) >= 11 is 4.04. The van der Waals surface area contributed by atoms with Crippen LogP contribution in [0.2, 0.25) is 0 Å². The highest BCUT2D eigenvalue weighted by Crippen LogP contribution is 2.65. The van der Waals surface area contributed by atoms with Gasteiger partial charge in [-0.05, 0) is 74.3 Å². The highest BCUT2D eigenvalue weighted by Gasteiger charge is 2.62.